The molecule has 2 nitrogen and oxygen atoms in total. The van der Waals surface area contributed by atoms with Crippen molar-refractivity contribution in [3.8, 4) is 0 Å². The van der Waals surface area contributed by atoms with E-state index in [0.29, 0.717) is 5.88 Å². The SMILES string of the molecule is OC1=C(CC2CCC2)N1. The molecule has 2 N–H and O–H groups in total. The second kappa shape index (κ2) is 1.66. The predicted molar refractivity (Wildman–Crippen MR) is 34.7 cm³/mol. The molecule has 2 rings (SSSR count). The Bertz CT molecular complexity index is 158. The molecule has 1 fully saturated rings. The van der Waals surface area contributed by atoms with Gasteiger partial charge in [-0.3, -0.25) is 0 Å². The molecular weight excluding hydrogens is 114 g/mol. The highest BCUT2D eigenvalue weighted by molar-refractivity contribution is 5.23. The maximum atomic E-state index is 8.76. The van der Waals surface area contributed by atoms with Crippen molar-refractivity contribution in [3.05, 3.63) is 11.6 Å². The third-order valence-corrected chi connectivity index (χ3v) is 2.21. The van der Waals surface area contributed by atoms with E-state index in [9.17, 15) is 0 Å². The molecule has 9 heavy (non-hydrogen) atoms. The predicted octanol–water partition coefficient (Wildman–Crippen LogP) is 1.51. The van der Waals surface area contributed by atoms with Gasteiger partial charge in [0.05, 0.1) is 5.70 Å². The molecule has 2 aliphatic rings. The molecule has 1 aliphatic carbocycles. The van der Waals surface area contributed by atoms with Crippen LogP contribution in [0.4, 0.5) is 0 Å². The van der Waals surface area contributed by atoms with E-state index in [2.05, 4.69) is 5.32 Å². The number of aliphatic hydroxyl groups is 1. The van der Waals surface area contributed by atoms with E-state index in [4.69, 9.17) is 5.11 Å². The minimum absolute atomic E-state index is 0.432. The molecule has 0 spiro atoms. The minimum atomic E-state index is 0.432. The molecule has 0 radical (unpaired) electrons. The molecule has 0 aromatic rings. The quantitative estimate of drug-likeness (QED) is 0.587. The molecule has 0 atom stereocenters. The van der Waals surface area contributed by atoms with Gasteiger partial charge in [-0.25, -0.2) is 0 Å². The molecule has 0 saturated heterocycles. The number of hydrogen-bond donors (Lipinski definition) is 2. The highest BCUT2D eigenvalue weighted by Gasteiger charge is 2.26. The highest BCUT2D eigenvalue weighted by Crippen LogP contribution is 2.34. The number of rotatable bonds is 2. The van der Waals surface area contributed by atoms with Crippen LogP contribution < -0.4 is 5.32 Å². The number of nitrogens with one attached hydrogen (secondary N) is 1. The molecule has 0 amide bonds. The summed E-state index contributed by atoms with van der Waals surface area (Å²) in [6.45, 7) is 0. The van der Waals surface area contributed by atoms with Crippen LogP contribution in [0.2, 0.25) is 0 Å². The summed E-state index contributed by atoms with van der Waals surface area (Å²) >= 11 is 0. The first-order valence-corrected chi connectivity index (χ1v) is 3.55. The largest absolute Gasteiger partial charge is 0.493 e. The summed E-state index contributed by atoms with van der Waals surface area (Å²) in [4.78, 5) is 0. The zero-order chi connectivity index (χ0) is 6.27. The first kappa shape index (κ1) is 5.15. The van der Waals surface area contributed by atoms with E-state index in [-0.39, 0.29) is 0 Å². The van der Waals surface area contributed by atoms with E-state index in [1.807, 2.05) is 0 Å². The fourth-order valence-corrected chi connectivity index (χ4v) is 1.24. The first-order chi connectivity index (χ1) is 4.36. The van der Waals surface area contributed by atoms with Gasteiger partial charge in [-0.2, -0.15) is 0 Å². The molecule has 0 unspecified atom stereocenters. The van der Waals surface area contributed by atoms with Crippen LogP contribution in [0.1, 0.15) is 25.7 Å². The van der Waals surface area contributed by atoms with Crippen LogP contribution in [-0.4, -0.2) is 5.11 Å². The van der Waals surface area contributed by atoms with Gasteiger partial charge in [-0.15, -0.1) is 0 Å². The van der Waals surface area contributed by atoms with Crippen LogP contribution in [-0.2, 0) is 0 Å². The topological polar surface area (TPSA) is 42.2 Å². The monoisotopic (exact) mass is 125 g/mol. The van der Waals surface area contributed by atoms with Gasteiger partial charge in [0.1, 0.15) is 0 Å². The van der Waals surface area contributed by atoms with Crippen molar-refractivity contribution in [1.29, 1.82) is 0 Å². The van der Waals surface area contributed by atoms with Gasteiger partial charge in [0.15, 0.2) is 0 Å². The van der Waals surface area contributed by atoms with Crippen molar-refractivity contribution in [2.24, 2.45) is 5.92 Å². The van der Waals surface area contributed by atoms with Gasteiger partial charge >= 0.3 is 0 Å². The van der Waals surface area contributed by atoms with Crippen LogP contribution in [0.3, 0.4) is 0 Å². The summed E-state index contributed by atoms with van der Waals surface area (Å²) in [5, 5.41) is 11.6. The lowest BCUT2D eigenvalue weighted by Crippen LogP contribution is -2.10. The fourth-order valence-electron chi connectivity index (χ4n) is 1.24. The van der Waals surface area contributed by atoms with Crippen molar-refractivity contribution in [2.45, 2.75) is 25.7 Å². The fraction of sp³-hybridized carbons (Fsp3) is 0.714. The summed E-state index contributed by atoms with van der Waals surface area (Å²) in [6.07, 6.45) is 5.20. The maximum absolute atomic E-state index is 8.76. The Morgan fingerprint density at radius 2 is 2.22 bits per heavy atom. The Kier molecular flexibility index (Phi) is 0.949. The number of hydrogen-bond acceptors (Lipinski definition) is 2. The first-order valence-electron chi connectivity index (χ1n) is 3.55. The molecule has 0 aromatic heterocycles. The van der Waals surface area contributed by atoms with Gasteiger partial charge in [0.25, 0.3) is 0 Å². The minimum Gasteiger partial charge on any atom is -0.493 e. The Labute approximate surface area is 54.6 Å². The lowest BCUT2D eigenvalue weighted by Gasteiger charge is -2.23. The average molecular weight is 125 g/mol. The van der Waals surface area contributed by atoms with Gasteiger partial charge < -0.3 is 10.4 Å². The van der Waals surface area contributed by atoms with Crippen molar-refractivity contribution >= 4 is 0 Å². The van der Waals surface area contributed by atoms with Crippen LogP contribution >= 0.6 is 0 Å². The summed E-state index contributed by atoms with van der Waals surface area (Å²) in [6, 6.07) is 0. The second-order valence-electron chi connectivity index (χ2n) is 2.95. The molecule has 2 heteroatoms. The van der Waals surface area contributed by atoms with Crippen LogP contribution in [0, 0.1) is 5.92 Å². The van der Waals surface area contributed by atoms with Crippen molar-refractivity contribution in [2.75, 3.05) is 0 Å². The Hall–Kier alpha value is -0.660. The number of allylic oxidation sites excluding steroid dienone is 1. The molecule has 1 aliphatic heterocycles. The summed E-state index contributed by atoms with van der Waals surface area (Å²) in [5.41, 5.74) is 1.08. The molecule has 50 valence electrons. The van der Waals surface area contributed by atoms with Crippen LogP contribution in [0.5, 0.6) is 0 Å². The Morgan fingerprint density at radius 1 is 1.56 bits per heavy atom. The summed E-state index contributed by atoms with van der Waals surface area (Å²) in [5.74, 6) is 1.30. The molecule has 0 aromatic carbocycles. The van der Waals surface area contributed by atoms with Gasteiger partial charge in [-0.05, 0) is 12.3 Å². The van der Waals surface area contributed by atoms with E-state index in [1.165, 1.54) is 19.3 Å². The number of aliphatic hydroxyl groups excluding tert-OH is 1. The van der Waals surface area contributed by atoms with Crippen molar-refractivity contribution in [3.63, 3.8) is 0 Å². The van der Waals surface area contributed by atoms with E-state index >= 15 is 0 Å². The lowest BCUT2D eigenvalue weighted by atomic mass is 9.83. The molecule has 1 heterocycles. The van der Waals surface area contributed by atoms with E-state index in [1.54, 1.807) is 0 Å². The van der Waals surface area contributed by atoms with Gasteiger partial charge in [-0.1, -0.05) is 19.3 Å². The average Bonchev–Trinajstić information content (AvgIpc) is 2.36. The standard InChI is InChI=1S/C7H11NO/c9-7-6(8-7)4-5-2-1-3-5/h5,8-9H,1-4H2. The van der Waals surface area contributed by atoms with E-state index in [0.717, 1.165) is 18.0 Å². The normalized spacial score (nSPS) is 25.3. The van der Waals surface area contributed by atoms with Crippen LogP contribution in [0.25, 0.3) is 0 Å². The lowest BCUT2D eigenvalue weighted by molar-refractivity contribution is 0.314. The van der Waals surface area contributed by atoms with E-state index < -0.39 is 0 Å². The van der Waals surface area contributed by atoms with Gasteiger partial charge in [0.2, 0.25) is 5.88 Å². The third kappa shape index (κ3) is 0.889. The zero-order valence-electron chi connectivity index (χ0n) is 5.35. The molecule has 0 bridgehead atoms. The maximum Gasteiger partial charge on any atom is 0.208 e. The third-order valence-electron chi connectivity index (χ3n) is 2.21. The Balaban J connectivity index is 1.78. The molecular formula is C7H11NO. The van der Waals surface area contributed by atoms with Crippen molar-refractivity contribution in [1.82, 2.24) is 5.32 Å². The zero-order valence-corrected chi connectivity index (χ0v) is 5.35. The van der Waals surface area contributed by atoms with Crippen LogP contribution in [0.15, 0.2) is 11.6 Å². The van der Waals surface area contributed by atoms with Gasteiger partial charge in [0, 0.05) is 0 Å². The highest BCUT2D eigenvalue weighted by atomic mass is 16.3. The smallest absolute Gasteiger partial charge is 0.208 e. The van der Waals surface area contributed by atoms with Crippen molar-refractivity contribution < 1.29 is 5.11 Å². The Morgan fingerprint density at radius 3 is 2.56 bits per heavy atom. The molecule has 1 saturated carbocycles. The second-order valence-corrected chi connectivity index (χ2v) is 2.95. The summed E-state index contributed by atoms with van der Waals surface area (Å²) in [7, 11) is 0. The summed E-state index contributed by atoms with van der Waals surface area (Å²) < 4.78 is 0.